The Morgan fingerprint density at radius 3 is 2.19 bits per heavy atom. The molecule has 32 heavy (non-hydrogen) atoms. The van der Waals surface area contributed by atoms with Crippen LogP contribution in [0.25, 0.3) is 0 Å². The fourth-order valence-corrected chi connectivity index (χ4v) is 3.48. The fraction of sp³-hybridized carbons (Fsp3) is 0.174. The molecule has 3 aromatic rings. The lowest BCUT2D eigenvalue weighted by molar-refractivity contribution is 0.0929. The summed E-state index contributed by atoms with van der Waals surface area (Å²) >= 11 is 1.36. The summed E-state index contributed by atoms with van der Waals surface area (Å²) in [6.45, 7) is 0.614. The number of nitrogens with one attached hydrogen (secondary N) is 3. The normalized spacial score (nSPS) is 10.2. The van der Waals surface area contributed by atoms with Crippen LogP contribution in [-0.4, -0.2) is 45.0 Å². The standard InChI is InChI=1S/C23H23N3O5S/c1-30-17-9-10-19(31-2)18(14-17)22(28)26-16-7-5-15(6-8-16)21(27)24-11-12-25-23(29)20-4-3-13-32-20/h3-10,13-14H,11-12H2,1-2H3,(H,24,27)(H,25,29)(H,26,28). The van der Waals surface area contributed by atoms with E-state index in [9.17, 15) is 14.4 Å². The minimum atomic E-state index is -0.362. The molecule has 0 radical (unpaired) electrons. The Bertz CT molecular complexity index is 1080. The van der Waals surface area contributed by atoms with Crippen LogP contribution in [0.15, 0.2) is 60.0 Å². The van der Waals surface area contributed by atoms with E-state index in [2.05, 4.69) is 16.0 Å². The van der Waals surface area contributed by atoms with Crippen molar-refractivity contribution in [2.75, 3.05) is 32.6 Å². The topological polar surface area (TPSA) is 106 Å². The Morgan fingerprint density at radius 1 is 0.844 bits per heavy atom. The van der Waals surface area contributed by atoms with Gasteiger partial charge in [0.1, 0.15) is 11.5 Å². The molecule has 8 nitrogen and oxygen atoms in total. The molecule has 0 aliphatic rings. The molecule has 3 N–H and O–H groups in total. The lowest BCUT2D eigenvalue weighted by Gasteiger charge is -2.11. The number of hydrogen-bond acceptors (Lipinski definition) is 6. The molecule has 0 bridgehead atoms. The second-order valence-electron chi connectivity index (χ2n) is 6.59. The Labute approximate surface area is 189 Å². The molecule has 9 heteroatoms. The van der Waals surface area contributed by atoms with Crippen molar-refractivity contribution >= 4 is 34.7 Å². The van der Waals surface area contributed by atoms with Gasteiger partial charge in [-0.2, -0.15) is 0 Å². The molecule has 2 aromatic carbocycles. The van der Waals surface area contributed by atoms with Gasteiger partial charge in [-0.3, -0.25) is 14.4 Å². The van der Waals surface area contributed by atoms with Gasteiger partial charge >= 0.3 is 0 Å². The minimum Gasteiger partial charge on any atom is -0.497 e. The van der Waals surface area contributed by atoms with E-state index >= 15 is 0 Å². The van der Waals surface area contributed by atoms with Crippen LogP contribution in [0.3, 0.4) is 0 Å². The summed E-state index contributed by atoms with van der Waals surface area (Å²) < 4.78 is 10.4. The summed E-state index contributed by atoms with van der Waals surface area (Å²) in [6.07, 6.45) is 0. The number of rotatable bonds is 9. The number of amides is 3. The average Bonchev–Trinajstić information content (AvgIpc) is 3.36. The molecule has 0 aliphatic heterocycles. The second-order valence-corrected chi connectivity index (χ2v) is 7.53. The first kappa shape index (κ1) is 22.8. The molecule has 0 spiro atoms. The molecule has 3 rings (SSSR count). The van der Waals surface area contributed by atoms with Gasteiger partial charge in [0.25, 0.3) is 17.7 Å². The SMILES string of the molecule is COc1ccc(OC)c(C(=O)Nc2ccc(C(=O)NCCNC(=O)c3cccs3)cc2)c1. The van der Waals surface area contributed by atoms with Crippen LogP contribution < -0.4 is 25.4 Å². The first-order valence-electron chi connectivity index (χ1n) is 9.75. The molecule has 0 saturated heterocycles. The predicted molar refractivity (Wildman–Crippen MR) is 123 cm³/mol. The van der Waals surface area contributed by atoms with Crippen molar-refractivity contribution in [2.24, 2.45) is 0 Å². The molecule has 0 atom stereocenters. The third-order valence-electron chi connectivity index (χ3n) is 4.50. The van der Waals surface area contributed by atoms with Gasteiger partial charge in [-0.05, 0) is 53.9 Å². The van der Waals surface area contributed by atoms with Crippen LogP contribution in [0.1, 0.15) is 30.4 Å². The van der Waals surface area contributed by atoms with E-state index in [1.807, 2.05) is 5.38 Å². The van der Waals surface area contributed by atoms with Gasteiger partial charge in [0.05, 0.1) is 24.7 Å². The number of ether oxygens (including phenoxy) is 2. The zero-order chi connectivity index (χ0) is 22.9. The van der Waals surface area contributed by atoms with Gasteiger partial charge in [-0.25, -0.2) is 0 Å². The third-order valence-corrected chi connectivity index (χ3v) is 5.37. The lowest BCUT2D eigenvalue weighted by atomic mass is 10.1. The molecular formula is C23H23N3O5S. The highest BCUT2D eigenvalue weighted by molar-refractivity contribution is 7.12. The van der Waals surface area contributed by atoms with Crippen molar-refractivity contribution in [3.05, 3.63) is 76.0 Å². The zero-order valence-electron chi connectivity index (χ0n) is 17.6. The maximum Gasteiger partial charge on any atom is 0.261 e. The summed E-state index contributed by atoms with van der Waals surface area (Å²) in [6, 6.07) is 15.0. The van der Waals surface area contributed by atoms with Crippen molar-refractivity contribution < 1.29 is 23.9 Å². The number of methoxy groups -OCH3 is 2. The molecule has 0 saturated carbocycles. The molecule has 0 aliphatic carbocycles. The highest BCUT2D eigenvalue weighted by Gasteiger charge is 2.14. The van der Waals surface area contributed by atoms with Crippen molar-refractivity contribution in [2.45, 2.75) is 0 Å². The van der Waals surface area contributed by atoms with Crippen LogP contribution in [-0.2, 0) is 0 Å². The lowest BCUT2D eigenvalue weighted by Crippen LogP contribution is -2.34. The van der Waals surface area contributed by atoms with Gasteiger partial charge in [-0.1, -0.05) is 6.07 Å². The number of benzene rings is 2. The number of carbonyl (C=O) groups is 3. The van der Waals surface area contributed by atoms with Crippen molar-refractivity contribution in [1.82, 2.24) is 10.6 Å². The van der Waals surface area contributed by atoms with Crippen LogP contribution in [0.2, 0.25) is 0 Å². The largest absolute Gasteiger partial charge is 0.497 e. The van der Waals surface area contributed by atoms with E-state index in [1.165, 1.54) is 25.6 Å². The number of carbonyl (C=O) groups excluding carboxylic acids is 3. The van der Waals surface area contributed by atoms with E-state index in [0.29, 0.717) is 46.3 Å². The van der Waals surface area contributed by atoms with E-state index in [1.54, 1.807) is 54.6 Å². The average molecular weight is 454 g/mol. The van der Waals surface area contributed by atoms with Crippen LogP contribution in [0, 0.1) is 0 Å². The molecule has 166 valence electrons. The van der Waals surface area contributed by atoms with Crippen molar-refractivity contribution in [3.63, 3.8) is 0 Å². The van der Waals surface area contributed by atoms with E-state index in [4.69, 9.17) is 9.47 Å². The van der Waals surface area contributed by atoms with Crippen LogP contribution in [0.4, 0.5) is 5.69 Å². The maximum atomic E-state index is 12.6. The fourth-order valence-electron chi connectivity index (χ4n) is 2.84. The van der Waals surface area contributed by atoms with E-state index < -0.39 is 0 Å². The first-order valence-corrected chi connectivity index (χ1v) is 10.6. The van der Waals surface area contributed by atoms with Gasteiger partial charge in [0.15, 0.2) is 0 Å². The number of thiophene rings is 1. The second kappa shape index (κ2) is 11.0. The third kappa shape index (κ3) is 5.86. The zero-order valence-corrected chi connectivity index (χ0v) is 18.5. The Kier molecular flexibility index (Phi) is 7.82. The molecule has 1 heterocycles. The van der Waals surface area contributed by atoms with Gasteiger partial charge in [0.2, 0.25) is 0 Å². The predicted octanol–water partition coefficient (Wildman–Crippen LogP) is 3.18. The Hall–Kier alpha value is -3.85. The molecular weight excluding hydrogens is 430 g/mol. The molecule has 1 aromatic heterocycles. The summed E-state index contributed by atoms with van der Waals surface area (Å²) in [7, 11) is 3.00. The molecule has 0 fully saturated rings. The quantitative estimate of drug-likeness (QED) is 0.432. The van der Waals surface area contributed by atoms with Gasteiger partial charge in [-0.15, -0.1) is 11.3 Å². The Balaban J connectivity index is 1.51. The van der Waals surface area contributed by atoms with Gasteiger partial charge < -0.3 is 25.4 Å². The van der Waals surface area contributed by atoms with E-state index in [-0.39, 0.29) is 17.7 Å². The van der Waals surface area contributed by atoms with Crippen LogP contribution in [0.5, 0.6) is 11.5 Å². The van der Waals surface area contributed by atoms with Crippen molar-refractivity contribution in [3.8, 4) is 11.5 Å². The first-order chi connectivity index (χ1) is 15.5. The highest BCUT2D eigenvalue weighted by Crippen LogP contribution is 2.25. The highest BCUT2D eigenvalue weighted by atomic mass is 32.1. The number of anilines is 1. The van der Waals surface area contributed by atoms with Crippen LogP contribution >= 0.6 is 11.3 Å². The maximum absolute atomic E-state index is 12.6. The summed E-state index contributed by atoms with van der Waals surface area (Å²) in [5.74, 6) is 0.157. The summed E-state index contributed by atoms with van der Waals surface area (Å²) in [5, 5.41) is 10.1. The van der Waals surface area contributed by atoms with Gasteiger partial charge in [0, 0.05) is 24.3 Å². The summed E-state index contributed by atoms with van der Waals surface area (Å²) in [4.78, 5) is 37.4. The summed E-state index contributed by atoms with van der Waals surface area (Å²) in [5.41, 5.74) is 1.30. The Morgan fingerprint density at radius 2 is 1.56 bits per heavy atom. The van der Waals surface area contributed by atoms with Crippen molar-refractivity contribution in [1.29, 1.82) is 0 Å². The molecule has 3 amide bonds. The monoisotopic (exact) mass is 453 g/mol. The molecule has 0 unspecified atom stereocenters. The minimum absolute atomic E-state index is 0.165. The smallest absolute Gasteiger partial charge is 0.261 e. The van der Waals surface area contributed by atoms with E-state index in [0.717, 1.165) is 0 Å². The number of hydrogen-bond donors (Lipinski definition) is 3.